The van der Waals surface area contributed by atoms with Crippen LogP contribution in [0, 0.1) is 0 Å². The Morgan fingerprint density at radius 1 is 0.279 bits per heavy atom. The highest BCUT2D eigenvalue weighted by molar-refractivity contribution is 6.05. The minimum atomic E-state index is -0.556. The SMILES string of the molecule is c1ccc(-c2cccc(N(c3ccccc3)c3ccc4c(c3)C3(c5ccccc5-4)c4ccccc4-c4c(N(c5ccccc5)c5cccc6ccccc56)cccc43)c2)cc1. The molecule has 10 aromatic rings. The summed E-state index contributed by atoms with van der Waals surface area (Å²) in [5, 5.41) is 2.43. The molecule has 0 N–H and O–H groups in total. The summed E-state index contributed by atoms with van der Waals surface area (Å²) >= 11 is 0. The predicted octanol–water partition coefficient (Wildman–Crippen LogP) is 15.8. The average Bonchev–Trinajstić information content (AvgIpc) is 3.80. The molecule has 2 aliphatic carbocycles. The van der Waals surface area contributed by atoms with E-state index in [0.29, 0.717) is 0 Å². The van der Waals surface area contributed by atoms with Crippen molar-refractivity contribution < 1.29 is 0 Å². The molecule has 0 amide bonds. The van der Waals surface area contributed by atoms with Crippen molar-refractivity contribution in [2.45, 2.75) is 5.41 Å². The number of anilines is 6. The second-order valence-electron chi connectivity index (χ2n) is 16.0. The fourth-order valence-corrected chi connectivity index (χ4v) is 10.3. The molecule has 1 spiro atoms. The third kappa shape index (κ3) is 5.36. The molecule has 0 saturated heterocycles. The molecule has 1 unspecified atom stereocenters. The van der Waals surface area contributed by atoms with Gasteiger partial charge in [-0.05, 0) is 116 Å². The van der Waals surface area contributed by atoms with Crippen LogP contribution in [-0.2, 0) is 5.41 Å². The van der Waals surface area contributed by atoms with Crippen LogP contribution in [0.5, 0.6) is 0 Å². The Labute approximate surface area is 356 Å². The fourth-order valence-electron chi connectivity index (χ4n) is 10.3. The number of para-hydroxylation sites is 2. The maximum atomic E-state index is 2.48. The van der Waals surface area contributed by atoms with Gasteiger partial charge < -0.3 is 9.80 Å². The van der Waals surface area contributed by atoms with E-state index >= 15 is 0 Å². The highest BCUT2D eigenvalue weighted by Crippen LogP contribution is 2.65. The van der Waals surface area contributed by atoms with Gasteiger partial charge in [-0.1, -0.05) is 182 Å². The van der Waals surface area contributed by atoms with Crippen molar-refractivity contribution in [2.24, 2.45) is 0 Å². The molecule has 286 valence electrons. The van der Waals surface area contributed by atoms with Crippen LogP contribution in [0.3, 0.4) is 0 Å². The molecule has 2 aliphatic rings. The van der Waals surface area contributed by atoms with Crippen molar-refractivity contribution in [1.29, 1.82) is 0 Å². The molecule has 0 heterocycles. The largest absolute Gasteiger partial charge is 0.310 e. The van der Waals surface area contributed by atoms with Crippen LogP contribution in [0.1, 0.15) is 22.3 Å². The van der Waals surface area contributed by atoms with Gasteiger partial charge in [-0.3, -0.25) is 0 Å². The number of hydrogen-bond acceptors (Lipinski definition) is 2. The van der Waals surface area contributed by atoms with Crippen LogP contribution in [-0.4, -0.2) is 0 Å². The Kier molecular flexibility index (Phi) is 8.11. The van der Waals surface area contributed by atoms with Gasteiger partial charge in [-0.15, -0.1) is 0 Å². The van der Waals surface area contributed by atoms with E-state index in [1.54, 1.807) is 0 Å². The van der Waals surface area contributed by atoms with Crippen LogP contribution in [0.2, 0.25) is 0 Å². The molecule has 2 nitrogen and oxygen atoms in total. The smallest absolute Gasteiger partial charge is 0.0727 e. The Bertz CT molecular complexity index is 3260. The maximum absolute atomic E-state index is 2.48. The van der Waals surface area contributed by atoms with Gasteiger partial charge in [0.05, 0.1) is 16.8 Å². The molecule has 0 radical (unpaired) electrons. The van der Waals surface area contributed by atoms with Crippen LogP contribution in [0.25, 0.3) is 44.2 Å². The van der Waals surface area contributed by atoms with Crippen molar-refractivity contribution in [1.82, 2.24) is 0 Å². The highest BCUT2D eigenvalue weighted by atomic mass is 15.2. The topological polar surface area (TPSA) is 6.48 Å². The molecular weight excluding hydrogens is 737 g/mol. The highest BCUT2D eigenvalue weighted by Gasteiger charge is 2.52. The van der Waals surface area contributed by atoms with Crippen molar-refractivity contribution in [2.75, 3.05) is 9.80 Å². The van der Waals surface area contributed by atoms with Gasteiger partial charge in [-0.2, -0.15) is 0 Å². The Balaban J connectivity index is 1.13. The molecule has 61 heavy (non-hydrogen) atoms. The van der Waals surface area contributed by atoms with Gasteiger partial charge >= 0.3 is 0 Å². The number of fused-ring (bicyclic) bond motifs is 11. The molecule has 12 rings (SSSR count). The summed E-state index contributed by atoms with van der Waals surface area (Å²) in [4.78, 5) is 4.89. The monoisotopic (exact) mass is 776 g/mol. The lowest BCUT2D eigenvalue weighted by molar-refractivity contribution is 0.793. The number of nitrogens with zero attached hydrogens (tertiary/aromatic N) is 2. The quantitative estimate of drug-likeness (QED) is 0.159. The number of hydrogen-bond donors (Lipinski definition) is 0. The molecule has 2 heteroatoms. The summed E-state index contributed by atoms with van der Waals surface area (Å²) < 4.78 is 0. The van der Waals surface area contributed by atoms with Crippen LogP contribution >= 0.6 is 0 Å². The van der Waals surface area contributed by atoms with Crippen molar-refractivity contribution in [3.8, 4) is 33.4 Å². The first-order valence-corrected chi connectivity index (χ1v) is 21.1. The summed E-state index contributed by atoms with van der Waals surface area (Å²) in [6.45, 7) is 0. The second-order valence-corrected chi connectivity index (χ2v) is 16.0. The minimum Gasteiger partial charge on any atom is -0.310 e. The van der Waals surface area contributed by atoms with Crippen LogP contribution in [0.15, 0.2) is 243 Å². The minimum absolute atomic E-state index is 0.556. The molecular formula is C59H40N2. The molecule has 0 aliphatic heterocycles. The zero-order valence-corrected chi connectivity index (χ0v) is 33.5. The van der Waals surface area contributed by atoms with E-state index in [2.05, 4.69) is 252 Å². The lowest BCUT2D eigenvalue weighted by Crippen LogP contribution is -2.26. The first-order valence-electron chi connectivity index (χ1n) is 21.1. The molecule has 1 atom stereocenters. The van der Waals surface area contributed by atoms with Crippen molar-refractivity contribution >= 4 is 44.9 Å². The van der Waals surface area contributed by atoms with Crippen molar-refractivity contribution in [3.63, 3.8) is 0 Å². The Morgan fingerprint density at radius 2 is 0.787 bits per heavy atom. The van der Waals surface area contributed by atoms with Gasteiger partial charge in [-0.25, -0.2) is 0 Å². The molecule has 0 bridgehead atoms. The number of rotatable bonds is 7. The zero-order valence-electron chi connectivity index (χ0n) is 33.5. The zero-order chi connectivity index (χ0) is 40.3. The lowest BCUT2D eigenvalue weighted by Gasteiger charge is -2.33. The van der Waals surface area contributed by atoms with E-state index in [-0.39, 0.29) is 0 Å². The average molecular weight is 777 g/mol. The Morgan fingerprint density at radius 3 is 1.57 bits per heavy atom. The van der Waals surface area contributed by atoms with Crippen LogP contribution < -0.4 is 9.80 Å². The lowest BCUT2D eigenvalue weighted by atomic mass is 9.70. The van der Waals surface area contributed by atoms with E-state index in [0.717, 1.165) is 34.1 Å². The second kappa shape index (κ2) is 14.1. The summed E-state index contributed by atoms with van der Waals surface area (Å²) in [5.74, 6) is 0. The van der Waals surface area contributed by atoms with E-state index in [1.165, 1.54) is 66.4 Å². The van der Waals surface area contributed by atoms with E-state index in [1.807, 2.05) is 0 Å². The van der Waals surface area contributed by atoms with Gasteiger partial charge in [0.25, 0.3) is 0 Å². The third-order valence-corrected chi connectivity index (χ3v) is 12.8. The van der Waals surface area contributed by atoms with E-state index in [9.17, 15) is 0 Å². The van der Waals surface area contributed by atoms with Crippen molar-refractivity contribution in [3.05, 3.63) is 265 Å². The summed E-state index contributed by atoms with van der Waals surface area (Å²) in [6.07, 6.45) is 0. The molecule has 0 saturated carbocycles. The predicted molar refractivity (Wildman–Crippen MR) is 255 cm³/mol. The molecule has 10 aromatic carbocycles. The summed E-state index contributed by atoms with van der Waals surface area (Å²) in [7, 11) is 0. The Hall–Kier alpha value is -7.94. The normalized spacial score (nSPS) is 14.3. The van der Waals surface area contributed by atoms with E-state index < -0.39 is 5.41 Å². The van der Waals surface area contributed by atoms with E-state index in [4.69, 9.17) is 0 Å². The molecule has 0 fully saturated rings. The molecule has 0 aromatic heterocycles. The van der Waals surface area contributed by atoms with Gasteiger partial charge in [0.2, 0.25) is 0 Å². The van der Waals surface area contributed by atoms with Crippen LogP contribution in [0.4, 0.5) is 34.1 Å². The maximum Gasteiger partial charge on any atom is 0.0727 e. The summed E-state index contributed by atoms with van der Waals surface area (Å²) in [6, 6.07) is 89.0. The first kappa shape index (κ1) is 35.0. The van der Waals surface area contributed by atoms with Gasteiger partial charge in [0, 0.05) is 33.7 Å². The van der Waals surface area contributed by atoms with Gasteiger partial charge in [0.1, 0.15) is 0 Å². The number of benzene rings is 10. The fraction of sp³-hybridized carbons (Fsp3) is 0.0169. The third-order valence-electron chi connectivity index (χ3n) is 12.8. The standard InChI is InChI=1S/C59H40N2/c1-4-19-41(20-5-1)43-23-16-28-46(39-43)60(44-24-6-2-7-25-44)47-37-38-50-49-30-12-14-32-52(49)59(55(50)40-47)53-33-15-13-31-51(53)58-54(59)34-18-36-57(58)61(45-26-8-3-9-27-45)56-35-17-22-42-21-10-11-29-48(42)56/h1-40H. The van der Waals surface area contributed by atoms with Gasteiger partial charge in [0.15, 0.2) is 0 Å². The summed E-state index contributed by atoms with van der Waals surface area (Å²) in [5.41, 5.74) is 18.9. The first-order chi connectivity index (χ1) is 30.3.